The molecule has 0 aliphatic heterocycles. The van der Waals surface area contributed by atoms with E-state index in [0.717, 1.165) is 0 Å². The SMILES string of the molecule is O=CC(Br)c1ccc([N+](=O)[O-])cc1Br. The highest BCUT2D eigenvalue weighted by Crippen LogP contribution is 2.30. The molecule has 0 amide bonds. The predicted octanol–water partition coefficient (Wildman–Crippen LogP) is 2.99. The first-order valence-corrected chi connectivity index (χ1v) is 5.30. The number of alkyl halides is 1. The van der Waals surface area contributed by atoms with E-state index in [9.17, 15) is 14.9 Å². The van der Waals surface area contributed by atoms with Gasteiger partial charge in [0.05, 0.1) is 9.75 Å². The molecule has 14 heavy (non-hydrogen) atoms. The summed E-state index contributed by atoms with van der Waals surface area (Å²) in [7, 11) is 0. The lowest BCUT2D eigenvalue weighted by atomic mass is 10.1. The van der Waals surface area contributed by atoms with Gasteiger partial charge in [-0.25, -0.2) is 0 Å². The topological polar surface area (TPSA) is 60.2 Å². The molecule has 1 unspecified atom stereocenters. The van der Waals surface area contributed by atoms with Gasteiger partial charge in [0.25, 0.3) is 5.69 Å². The maximum Gasteiger partial charge on any atom is 0.270 e. The van der Waals surface area contributed by atoms with Crippen LogP contribution in [0.1, 0.15) is 10.4 Å². The number of hydrogen-bond donors (Lipinski definition) is 0. The molecule has 0 saturated heterocycles. The Hall–Kier alpha value is -0.750. The van der Waals surface area contributed by atoms with Gasteiger partial charge in [-0.2, -0.15) is 0 Å². The summed E-state index contributed by atoms with van der Waals surface area (Å²) in [6.07, 6.45) is 0.714. The van der Waals surface area contributed by atoms with Crippen molar-refractivity contribution >= 4 is 43.8 Å². The number of benzene rings is 1. The van der Waals surface area contributed by atoms with E-state index < -0.39 is 9.75 Å². The molecule has 1 aromatic rings. The first-order chi connectivity index (χ1) is 6.56. The third kappa shape index (κ3) is 2.39. The summed E-state index contributed by atoms with van der Waals surface area (Å²) in [6.45, 7) is 0. The van der Waals surface area contributed by atoms with Crippen LogP contribution in [0.5, 0.6) is 0 Å². The Labute approximate surface area is 96.7 Å². The van der Waals surface area contributed by atoms with E-state index in [1.807, 2.05) is 0 Å². The van der Waals surface area contributed by atoms with Crippen molar-refractivity contribution < 1.29 is 9.72 Å². The van der Waals surface area contributed by atoms with Crippen molar-refractivity contribution in [2.75, 3.05) is 0 Å². The van der Waals surface area contributed by atoms with E-state index in [4.69, 9.17) is 0 Å². The van der Waals surface area contributed by atoms with E-state index in [1.165, 1.54) is 18.2 Å². The number of aldehydes is 1. The minimum Gasteiger partial charge on any atom is -0.302 e. The van der Waals surface area contributed by atoms with Crippen molar-refractivity contribution in [1.29, 1.82) is 0 Å². The zero-order valence-corrected chi connectivity index (χ0v) is 9.99. The van der Waals surface area contributed by atoms with Gasteiger partial charge in [0.2, 0.25) is 0 Å². The molecule has 0 heterocycles. The van der Waals surface area contributed by atoms with Gasteiger partial charge in [-0.3, -0.25) is 10.1 Å². The van der Waals surface area contributed by atoms with Gasteiger partial charge < -0.3 is 4.79 Å². The molecule has 0 aromatic heterocycles. The molecule has 74 valence electrons. The Morgan fingerprint density at radius 1 is 1.50 bits per heavy atom. The van der Waals surface area contributed by atoms with Gasteiger partial charge in [0, 0.05) is 16.6 Å². The molecule has 0 aliphatic carbocycles. The molecular weight excluding hydrogens is 318 g/mol. The van der Waals surface area contributed by atoms with E-state index in [-0.39, 0.29) is 5.69 Å². The van der Waals surface area contributed by atoms with Gasteiger partial charge in [0.1, 0.15) is 6.29 Å². The molecule has 0 N–H and O–H groups in total. The van der Waals surface area contributed by atoms with Crippen LogP contribution in [-0.2, 0) is 4.79 Å². The lowest BCUT2D eigenvalue weighted by Gasteiger charge is -2.04. The van der Waals surface area contributed by atoms with E-state index in [1.54, 1.807) is 0 Å². The average molecular weight is 323 g/mol. The number of non-ortho nitro benzene ring substituents is 1. The van der Waals surface area contributed by atoms with Gasteiger partial charge >= 0.3 is 0 Å². The summed E-state index contributed by atoms with van der Waals surface area (Å²) in [5.41, 5.74) is 0.664. The first-order valence-electron chi connectivity index (χ1n) is 3.59. The molecule has 1 aromatic carbocycles. The van der Waals surface area contributed by atoms with Crippen LogP contribution in [-0.4, -0.2) is 11.2 Å². The van der Waals surface area contributed by atoms with E-state index in [0.29, 0.717) is 16.3 Å². The molecule has 0 aliphatic rings. The van der Waals surface area contributed by atoms with Gasteiger partial charge in [-0.15, -0.1) is 0 Å². The summed E-state index contributed by atoms with van der Waals surface area (Å²) in [5, 5.41) is 10.4. The number of halogens is 2. The van der Waals surface area contributed by atoms with Crippen molar-refractivity contribution in [3.8, 4) is 0 Å². The minimum atomic E-state index is -0.487. The third-order valence-corrected chi connectivity index (χ3v) is 3.01. The molecule has 0 radical (unpaired) electrons. The van der Waals surface area contributed by atoms with Crippen LogP contribution >= 0.6 is 31.9 Å². The Kier molecular flexibility index (Phi) is 3.77. The maximum atomic E-state index is 10.5. The van der Waals surface area contributed by atoms with Crippen LogP contribution in [0.25, 0.3) is 0 Å². The van der Waals surface area contributed by atoms with E-state index in [2.05, 4.69) is 31.9 Å². The Bertz CT molecular complexity index is 381. The lowest BCUT2D eigenvalue weighted by Crippen LogP contribution is -1.94. The van der Waals surface area contributed by atoms with Crippen molar-refractivity contribution in [1.82, 2.24) is 0 Å². The number of hydrogen-bond acceptors (Lipinski definition) is 3. The zero-order valence-electron chi connectivity index (χ0n) is 6.81. The molecule has 0 fully saturated rings. The van der Waals surface area contributed by atoms with Gasteiger partial charge in [-0.05, 0) is 11.6 Å². The van der Waals surface area contributed by atoms with Crippen LogP contribution < -0.4 is 0 Å². The second-order valence-electron chi connectivity index (χ2n) is 2.50. The summed E-state index contributed by atoms with van der Waals surface area (Å²) in [5.74, 6) is 0. The number of carbonyl (C=O) groups is 1. The average Bonchev–Trinajstić information content (AvgIpc) is 2.16. The highest BCUT2D eigenvalue weighted by Gasteiger charge is 2.13. The van der Waals surface area contributed by atoms with Crippen molar-refractivity contribution in [2.24, 2.45) is 0 Å². The smallest absolute Gasteiger partial charge is 0.270 e. The second-order valence-corrected chi connectivity index (χ2v) is 4.34. The fourth-order valence-electron chi connectivity index (χ4n) is 0.927. The predicted molar refractivity (Wildman–Crippen MR) is 58.5 cm³/mol. The fourth-order valence-corrected chi connectivity index (χ4v) is 2.25. The van der Waals surface area contributed by atoms with Crippen molar-refractivity contribution in [2.45, 2.75) is 4.83 Å². The third-order valence-electron chi connectivity index (χ3n) is 1.61. The normalized spacial score (nSPS) is 12.1. The van der Waals surface area contributed by atoms with Crippen LogP contribution in [0, 0.1) is 10.1 Å². The van der Waals surface area contributed by atoms with Crippen LogP contribution in [0.2, 0.25) is 0 Å². The second kappa shape index (κ2) is 4.65. The summed E-state index contributed by atoms with van der Waals surface area (Å²) >= 11 is 6.29. The van der Waals surface area contributed by atoms with Crippen molar-refractivity contribution in [3.05, 3.63) is 38.3 Å². The molecule has 1 rings (SSSR count). The monoisotopic (exact) mass is 321 g/mol. The molecule has 0 spiro atoms. The first kappa shape index (κ1) is 11.3. The highest BCUT2D eigenvalue weighted by molar-refractivity contribution is 9.11. The molecule has 1 atom stereocenters. The summed E-state index contributed by atoms with van der Waals surface area (Å²) in [4.78, 5) is 19.9. The fraction of sp³-hybridized carbons (Fsp3) is 0.125. The van der Waals surface area contributed by atoms with Gasteiger partial charge in [0.15, 0.2) is 0 Å². The van der Waals surface area contributed by atoms with Crippen LogP contribution in [0.15, 0.2) is 22.7 Å². The zero-order chi connectivity index (χ0) is 10.7. The van der Waals surface area contributed by atoms with Crippen molar-refractivity contribution in [3.63, 3.8) is 0 Å². The number of nitrogens with zero attached hydrogens (tertiary/aromatic N) is 1. The Balaban J connectivity index is 3.13. The maximum absolute atomic E-state index is 10.5. The highest BCUT2D eigenvalue weighted by atomic mass is 79.9. The summed E-state index contributed by atoms with van der Waals surface area (Å²) in [6, 6.07) is 4.26. The van der Waals surface area contributed by atoms with Crippen LogP contribution in [0.3, 0.4) is 0 Å². The van der Waals surface area contributed by atoms with Gasteiger partial charge in [-0.1, -0.05) is 31.9 Å². The van der Waals surface area contributed by atoms with Crippen LogP contribution in [0.4, 0.5) is 5.69 Å². The number of carbonyl (C=O) groups excluding carboxylic acids is 1. The number of rotatable bonds is 3. The standard InChI is InChI=1S/C8H5Br2NO3/c9-7-3-5(11(13)14)1-2-6(7)8(10)4-12/h1-4,8H. The molecule has 6 heteroatoms. The molecular formula is C8H5Br2NO3. The number of nitro benzene ring substituents is 1. The quantitative estimate of drug-likeness (QED) is 0.372. The largest absolute Gasteiger partial charge is 0.302 e. The van der Waals surface area contributed by atoms with E-state index >= 15 is 0 Å². The minimum absolute atomic E-state index is 0.00813. The molecule has 0 bridgehead atoms. The lowest BCUT2D eigenvalue weighted by molar-refractivity contribution is -0.384. The Morgan fingerprint density at radius 2 is 2.14 bits per heavy atom. The number of nitro groups is 1. The summed E-state index contributed by atoms with van der Waals surface area (Å²) < 4.78 is 0.542. The Morgan fingerprint density at radius 3 is 2.57 bits per heavy atom. The molecule has 0 saturated carbocycles. The molecule has 4 nitrogen and oxygen atoms in total.